The Hall–Kier alpha value is -1.18. The molecular weight excluding hydrogens is 224 g/mol. The summed E-state index contributed by atoms with van der Waals surface area (Å²) in [5.41, 5.74) is 1.37. The van der Waals surface area contributed by atoms with E-state index in [4.69, 9.17) is 0 Å². The molecule has 0 fully saturated rings. The molecule has 2 nitrogen and oxygen atoms in total. The highest BCUT2D eigenvalue weighted by Gasteiger charge is 2.23. The van der Waals surface area contributed by atoms with Gasteiger partial charge in [-0.3, -0.25) is 9.59 Å². The van der Waals surface area contributed by atoms with Crippen molar-refractivity contribution in [1.29, 1.82) is 0 Å². The fraction of sp³-hybridized carbons (Fsp3) is 0.625. The Morgan fingerprint density at radius 1 is 0.667 bits per heavy atom. The summed E-state index contributed by atoms with van der Waals surface area (Å²) >= 11 is 0. The largest absolute Gasteiger partial charge is 0.288 e. The van der Waals surface area contributed by atoms with Crippen LogP contribution in [0.1, 0.15) is 55.4 Å². The number of hydrogen-bond donors (Lipinski definition) is 0. The molecule has 0 unspecified atom stereocenters. The van der Waals surface area contributed by atoms with E-state index in [0.29, 0.717) is 10.4 Å². The van der Waals surface area contributed by atoms with E-state index >= 15 is 0 Å². The molecule has 100 valence electrons. The lowest BCUT2D eigenvalue weighted by molar-refractivity contribution is 0.553. The van der Waals surface area contributed by atoms with E-state index in [2.05, 4.69) is 0 Å². The van der Waals surface area contributed by atoms with Crippen molar-refractivity contribution in [3.05, 3.63) is 30.9 Å². The van der Waals surface area contributed by atoms with Gasteiger partial charge in [0.05, 0.1) is 10.4 Å². The molecule has 0 saturated carbocycles. The van der Waals surface area contributed by atoms with Crippen molar-refractivity contribution in [2.24, 2.45) is 10.8 Å². The van der Waals surface area contributed by atoms with Gasteiger partial charge in [-0.05, 0) is 24.7 Å². The Labute approximate surface area is 109 Å². The summed E-state index contributed by atoms with van der Waals surface area (Å²) in [6.45, 7) is 15.9. The maximum absolute atomic E-state index is 12.2. The quantitative estimate of drug-likeness (QED) is 0.700. The van der Waals surface area contributed by atoms with Crippen molar-refractivity contribution in [3.63, 3.8) is 0 Å². The van der Waals surface area contributed by atoms with Crippen LogP contribution in [0.4, 0.5) is 0 Å². The predicted octanol–water partition coefficient (Wildman–Crippen LogP) is 1.72. The van der Waals surface area contributed by atoms with Gasteiger partial charge >= 0.3 is 0 Å². The maximum Gasteiger partial charge on any atom is 0.200 e. The summed E-state index contributed by atoms with van der Waals surface area (Å²) in [7, 11) is 0. The van der Waals surface area contributed by atoms with Crippen LogP contribution in [0.5, 0.6) is 0 Å². The van der Waals surface area contributed by atoms with Gasteiger partial charge < -0.3 is 0 Å². The summed E-state index contributed by atoms with van der Waals surface area (Å²) < 4.78 is 0. The average molecular weight is 248 g/mol. The second-order valence-electron chi connectivity index (χ2n) is 7.16. The van der Waals surface area contributed by atoms with E-state index in [1.165, 1.54) is 0 Å². The van der Waals surface area contributed by atoms with Gasteiger partial charge in [0, 0.05) is 0 Å². The molecule has 0 heterocycles. The minimum absolute atomic E-state index is 0.0696. The van der Waals surface area contributed by atoms with Crippen molar-refractivity contribution in [2.45, 2.75) is 55.4 Å². The van der Waals surface area contributed by atoms with Crippen molar-refractivity contribution in [3.8, 4) is 0 Å². The molecule has 1 aromatic rings. The molecular formula is C16H24O2. The zero-order chi connectivity index (χ0) is 14.5. The molecule has 0 amide bonds. The first kappa shape index (κ1) is 14.9. The van der Waals surface area contributed by atoms with Crippen molar-refractivity contribution < 1.29 is 0 Å². The number of rotatable bonds is 0. The Kier molecular flexibility index (Phi) is 3.46. The SMILES string of the molecule is CC(=c1c(=O)c(=C(C)C(C)(C)C)c1=O)C(C)(C)C. The summed E-state index contributed by atoms with van der Waals surface area (Å²) in [5.74, 6) is 0. The standard InChI is InChI=1S/C16H24O2/c1-9(15(3,4)5)11-13(17)12(14(11)18)10(2)16(6,7)8/h1-8H3. The molecule has 1 rings (SSSR count). The van der Waals surface area contributed by atoms with Crippen molar-refractivity contribution in [2.75, 3.05) is 0 Å². The molecule has 0 aliphatic carbocycles. The molecule has 0 aliphatic rings. The second-order valence-corrected chi connectivity index (χ2v) is 7.16. The van der Waals surface area contributed by atoms with Crippen LogP contribution >= 0.6 is 0 Å². The Balaban J connectivity index is 3.78. The molecule has 0 aromatic heterocycles. The van der Waals surface area contributed by atoms with Gasteiger partial charge in [-0.2, -0.15) is 0 Å². The zero-order valence-electron chi connectivity index (χ0n) is 12.8. The molecule has 2 heteroatoms. The summed E-state index contributed by atoms with van der Waals surface area (Å²) in [6.07, 6.45) is 0. The van der Waals surface area contributed by atoms with Crippen LogP contribution < -0.4 is 21.3 Å². The van der Waals surface area contributed by atoms with Gasteiger partial charge in [0.1, 0.15) is 0 Å². The van der Waals surface area contributed by atoms with Crippen LogP contribution in [0.25, 0.3) is 11.1 Å². The molecule has 1 aromatic carbocycles. The molecule has 0 spiro atoms. The van der Waals surface area contributed by atoms with Gasteiger partial charge in [-0.15, -0.1) is 0 Å². The first-order chi connectivity index (χ1) is 7.89. The second kappa shape index (κ2) is 4.18. The molecule has 0 atom stereocenters. The molecule has 0 N–H and O–H groups in total. The van der Waals surface area contributed by atoms with Gasteiger partial charge in [-0.25, -0.2) is 0 Å². The maximum atomic E-state index is 12.2. The van der Waals surface area contributed by atoms with E-state index in [-0.39, 0.29) is 21.7 Å². The van der Waals surface area contributed by atoms with Crippen LogP contribution in [0.15, 0.2) is 9.59 Å². The fourth-order valence-corrected chi connectivity index (χ4v) is 1.82. The first-order valence-electron chi connectivity index (χ1n) is 6.41. The van der Waals surface area contributed by atoms with Crippen LogP contribution in [0.2, 0.25) is 0 Å². The fourth-order valence-electron chi connectivity index (χ4n) is 1.82. The zero-order valence-corrected chi connectivity index (χ0v) is 12.8. The third-order valence-electron chi connectivity index (χ3n) is 3.91. The van der Waals surface area contributed by atoms with Crippen LogP contribution in [-0.4, -0.2) is 0 Å². The van der Waals surface area contributed by atoms with Gasteiger partial charge in [0.15, 0.2) is 0 Å². The molecule has 18 heavy (non-hydrogen) atoms. The van der Waals surface area contributed by atoms with Gasteiger partial charge in [-0.1, -0.05) is 52.7 Å². The topological polar surface area (TPSA) is 34.1 Å². The van der Waals surface area contributed by atoms with Crippen LogP contribution in [0.3, 0.4) is 0 Å². The van der Waals surface area contributed by atoms with E-state index < -0.39 is 0 Å². The summed E-state index contributed by atoms with van der Waals surface area (Å²) in [4.78, 5) is 24.4. The third-order valence-corrected chi connectivity index (χ3v) is 3.91. The minimum Gasteiger partial charge on any atom is -0.288 e. The van der Waals surface area contributed by atoms with Gasteiger partial charge in [0.2, 0.25) is 10.9 Å². The lowest BCUT2D eigenvalue weighted by Crippen LogP contribution is -2.67. The summed E-state index contributed by atoms with van der Waals surface area (Å²) in [6, 6.07) is 0. The molecule has 0 aliphatic heterocycles. The normalized spacial score (nSPS) is 12.9. The lowest BCUT2D eigenvalue weighted by atomic mass is 9.82. The van der Waals surface area contributed by atoms with E-state index in [1.807, 2.05) is 55.4 Å². The van der Waals surface area contributed by atoms with Crippen molar-refractivity contribution in [1.82, 2.24) is 0 Å². The Morgan fingerprint density at radius 3 is 1.06 bits per heavy atom. The highest BCUT2D eigenvalue weighted by atomic mass is 16.1. The van der Waals surface area contributed by atoms with E-state index in [0.717, 1.165) is 11.1 Å². The van der Waals surface area contributed by atoms with E-state index in [9.17, 15) is 9.59 Å². The minimum atomic E-state index is -0.137. The van der Waals surface area contributed by atoms with Crippen LogP contribution in [0, 0.1) is 10.8 Å². The average Bonchev–Trinajstić information content (AvgIpc) is 2.14. The predicted molar refractivity (Wildman–Crippen MR) is 77.7 cm³/mol. The highest BCUT2D eigenvalue weighted by Crippen LogP contribution is 2.24. The molecule has 0 bridgehead atoms. The van der Waals surface area contributed by atoms with Gasteiger partial charge in [0.25, 0.3) is 0 Å². The van der Waals surface area contributed by atoms with Crippen LogP contribution in [-0.2, 0) is 0 Å². The lowest BCUT2D eigenvalue weighted by Gasteiger charge is -2.22. The summed E-state index contributed by atoms with van der Waals surface area (Å²) in [5, 5.41) is 0.808. The molecule has 0 radical (unpaired) electrons. The molecule has 0 saturated heterocycles. The Morgan fingerprint density at radius 2 is 0.889 bits per heavy atom. The monoisotopic (exact) mass is 248 g/mol. The third kappa shape index (κ3) is 2.33. The van der Waals surface area contributed by atoms with E-state index in [1.54, 1.807) is 0 Å². The Bertz CT molecular complexity index is 566. The number of hydrogen-bond acceptors (Lipinski definition) is 2. The first-order valence-corrected chi connectivity index (χ1v) is 6.41. The highest BCUT2D eigenvalue weighted by molar-refractivity contribution is 5.54. The van der Waals surface area contributed by atoms with Crippen molar-refractivity contribution >= 4 is 11.1 Å². The smallest absolute Gasteiger partial charge is 0.200 e.